The number of aromatic nitrogens is 2. The number of hydrogen-bond acceptors (Lipinski definition) is 3. The predicted molar refractivity (Wildman–Crippen MR) is 64.5 cm³/mol. The molecular formula is C9H9IN2S. The first-order valence-corrected chi connectivity index (χ1v) is 5.88. The van der Waals surface area contributed by atoms with Crippen LogP contribution in [0.5, 0.6) is 0 Å². The Bertz CT molecular complexity index is 397. The van der Waals surface area contributed by atoms with Crippen molar-refractivity contribution in [2.24, 2.45) is 0 Å². The fourth-order valence-corrected chi connectivity index (χ4v) is 2.38. The molecule has 0 amide bonds. The molecule has 0 bridgehead atoms. The highest BCUT2D eigenvalue weighted by Gasteiger charge is 2.20. The number of rotatable bonds is 1. The van der Waals surface area contributed by atoms with Crippen LogP contribution in [0, 0.1) is 0 Å². The Morgan fingerprint density at radius 2 is 2.23 bits per heavy atom. The molecular weight excluding hydrogens is 295 g/mol. The predicted octanol–water partition coefficient (Wildman–Crippen LogP) is 3.36. The molecule has 0 aromatic carbocycles. The van der Waals surface area contributed by atoms with Gasteiger partial charge < -0.3 is 0 Å². The minimum Gasteiger partial charge on any atom is -0.244 e. The molecule has 0 aliphatic rings. The lowest BCUT2D eigenvalue weighted by molar-refractivity contribution is 0.818. The second-order valence-electron chi connectivity index (χ2n) is 3.32. The van der Waals surface area contributed by atoms with E-state index < -0.39 is 0 Å². The second-order valence-corrected chi connectivity index (χ2v) is 6.99. The minimum absolute atomic E-state index is 0.100. The summed E-state index contributed by atoms with van der Waals surface area (Å²) in [4.78, 5) is 9.83. The molecule has 0 radical (unpaired) electrons. The molecule has 0 unspecified atom stereocenters. The molecule has 2 aromatic heterocycles. The van der Waals surface area contributed by atoms with Gasteiger partial charge in [-0.15, -0.1) is 0 Å². The Morgan fingerprint density at radius 1 is 1.46 bits per heavy atom. The summed E-state index contributed by atoms with van der Waals surface area (Å²) in [5.41, 5.74) is 1.01. The van der Waals surface area contributed by atoms with Crippen molar-refractivity contribution in [1.29, 1.82) is 0 Å². The fourth-order valence-electron chi connectivity index (χ4n) is 1.02. The van der Waals surface area contributed by atoms with Crippen molar-refractivity contribution in [3.63, 3.8) is 0 Å². The first-order valence-electron chi connectivity index (χ1n) is 3.98. The molecule has 13 heavy (non-hydrogen) atoms. The molecule has 0 aliphatic heterocycles. The van der Waals surface area contributed by atoms with Crippen LogP contribution in [0.1, 0.15) is 18.9 Å². The van der Waals surface area contributed by atoms with E-state index in [0.717, 1.165) is 15.4 Å². The fraction of sp³-hybridized carbons (Fsp3) is 0.333. The smallest absolute Gasteiger partial charge is 0.143 e. The largest absolute Gasteiger partial charge is 0.244 e. The second kappa shape index (κ2) is 3.16. The topological polar surface area (TPSA) is 25.8 Å². The van der Waals surface area contributed by atoms with Gasteiger partial charge in [0, 0.05) is 6.20 Å². The monoisotopic (exact) mass is 304 g/mol. The molecule has 0 saturated heterocycles. The van der Waals surface area contributed by atoms with E-state index in [0.29, 0.717) is 0 Å². The average Bonchev–Trinajstić information content (AvgIpc) is 2.45. The van der Waals surface area contributed by atoms with Gasteiger partial charge in [-0.2, -0.15) is 0 Å². The maximum Gasteiger partial charge on any atom is 0.143 e. The first-order chi connectivity index (χ1) is 6.07. The van der Waals surface area contributed by atoms with E-state index in [2.05, 4.69) is 46.4 Å². The van der Waals surface area contributed by atoms with Crippen molar-refractivity contribution in [2.75, 3.05) is 0 Å². The highest BCUT2D eigenvalue weighted by molar-refractivity contribution is 14.1. The number of thiazole rings is 1. The van der Waals surface area contributed by atoms with Gasteiger partial charge in [-0.05, 0) is 26.0 Å². The quantitative estimate of drug-likeness (QED) is 0.596. The third kappa shape index (κ3) is 1.83. The van der Waals surface area contributed by atoms with Crippen molar-refractivity contribution in [3.05, 3.63) is 23.3 Å². The summed E-state index contributed by atoms with van der Waals surface area (Å²) < 4.78 is 0.100. The summed E-state index contributed by atoms with van der Waals surface area (Å²) in [7, 11) is 0. The SMILES string of the molecule is CC(C)(I)c1nc2cccnc2s1. The summed E-state index contributed by atoms with van der Waals surface area (Å²) in [5, 5.41) is 1.14. The van der Waals surface area contributed by atoms with Gasteiger partial charge >= 0.3 is 0 Å². The van der Waals surface area contributed by atoms with E-state index in [1.807, 2.05) is 18.3 Å². The van der Waals surface area contributed by atoms with Crippen LogP contribution in [0.2, 0.25) is 0 Å². The van der Waals surface area contributed by atoms with E-state index >= 15 is 0 Å². The lowest BCUT2D eigenvalue weighted by Crippen LogP contribution is -2.04. The highest BCUT2D eigenvalue weighted by Crippen LogP contribution is 2.35. The van der Waals surface area contributed by atoms with Gasteiger partial charge in [-0.1, -0.05) is 33.9 Å². The van der Waals surface area contributed by atoms with Gasteiger partial charge in [0.25, 0.3) is 0 Å². The molecule has 0 N–H and O–H groups in total. The van der Waals surface area contributed by atoms with E-state index in [-0.39, 0.29) is 3.42 Å². The summed E-state index contributed by atoms with van der Waals surface area (Å²) in [6.45, 7) is 4.32. The van der Waals surface area contributed by atoms with Crippen molar-refractivity contribution >= 4 is 44.3 Å². The van der Waals surface area contributed by atoms with Gasteiger partial charge in [0.05, 0.1) is 3.42 Å². The molecule has 0 fully saturated rings. The van der Waals surface area contributed by atoms with Gasteiger partial charge in [0.2, 0.25) is 0 Å². The van der Waals surface area contributed by atoms with E-state index in [1.165, 1.54) is 0 Å². The van der Waals surface area contributed by atoms with Crippen LogP contribution in [0.3, 0.4) is 0 Å². The van der Waals surface area contributed by atoms with Crippen molar-refractivity contribution < 1.29 is 0 Å². The number of halogens is 1. The minimum atomic E-state index is 0.100. The summed E-state index contributed by atoms with van der Waals surface area (Å²) in [5.74, 6) is 0. The van der Waals surface area contributed by atoms with Crippen LogP contribution in [0.15, 0.2) is 18.3 Å². The zero-order chi connectivity index (χ0) is 9.47. The molecule has 2 heterocycles. The van der Waals surface area contributed by atoms with Crippen molar-refractivity contribution in [1.82, 2.24) is 9.97 Å². The maximum atomic E-state index is 4.53. The Balaban J connectivity index is 2.63. The van der Waals surface area contributed by atoms with Crippen LogP contribution < -0.4 is 0 Å². The maximum absolute atomic E-state index is 4.53. The molecule has 2 aromatic rings. The Kier molecular flexibility index (Phi) is 2.27. The van der Waals surface area contributed by atoms with Crippen LogP contribution in [0.25, 0.3) is 10.3 Å². The standard InChI is InChI=1S/C9H9IN2S/c1-9(2,10)8-12-6-4-3-5-11-7(6)13-8/h3-5H,1-2H3. The average molecular weight is 304 g/mol. The normalized spacial score (nSPS) is 12.2. The van der Waals surface area contributed by atoms with Crippen molar-refractivity contribution in [2.45, 2.75) is 17.3 Å². The Labute approximate surface area is 94.5 Å². The molecule has 68 valence electrons. The van der Waals surface area contributed by atoms with Gasteiger partial charge in [-0.3, -0.25) is 0 Å². The first kappa shape index (κ1) is 9.33. The molecule has 0 saturated carbocycles. The third-order valence-corrected chi connectivity index (χ3v) is 3.85. The zero-order valence-electron chi connectivity index (χ0n) is 7.41. The number of fused-ring (bicyclic) bond motifs is 1. The molecule has 2 nitrogen and oxygen atoms in total. The number of pyridine rings is 1. The van der Waals surface area contributed by atoms with Gasteiger partial charge in [-0.25, -0.2) is 9.97 Å². The lowest BCUT2D eigenvalue weighted by Gasteiger charge is -2.10. The number of nitrogens with zero attached hydrogens (tertiary/aromatic N) is 2. The molecule has 0 aliphatic carbocycles. The Hall–Kier alpha value is -0.230. The van der Waals surface area contributed by atoms with Crippen LogP contribution in [-0.4, -0.2) is 9.97 Å². The Morgan fingerprint density at radius 3 is 2.85 bits per heavy atom. The zero-order valence-corrected chi connectivity index (χ0v) is 10.4. The summed E-state index contributed by atoms with van der Waals surface area (Å²) in [6, 6.07) is 3.93. The van der Waals surface area contributed by atoms with E-state index in [4.69, 9.17) is 0 Å². The summed E-state index contributed by atoms with van der Waals surface area (Å²) in [6.07, 6.45) is 1.81. The van der Waals surface area contributed by atoms with Crippen LogP contribution >= 0.6 is 33.9 Å². The van der Waals surface area contributed by atoms with Gasteiger partial charge in [0.1, 0.15) is 15.4 Å². The highest BCUT2D eigenvalue weighted by atomic mass is 127. The molecule has 2 rings (SSSR count). The van der Waals surface area contributed by atoms with Gasteiger partial charge in [0.15, 0.2) is 0 Å². The third-order valence-electron chi connectivity index (χ3n) is 1.67. The van der Waals surface area contributed by atoms with Crippen molar-refractivity contribution in [3.8, 4) is 0 Å². The molecule has 4 heteroatoms. The number of hydrogen-bond donors (Lipinski definition) is 0. The van der Waals surface area contributed by atoms with E-state index in [9.17, 15) is 0 Å². The van der Waals surface area contributed by atoms with Crippen LogP contribution in [0.4, 0.5) is 0 Å². The summed E-state index contributed by atoms with van der Waals surface area (Å²) >= 11 is 4.07. The molecule has 0 spiro atoms. The number of alkyl halides is 1. The lowest BCUT2D eigenvalue weighted by atomic mass is 10.2. The van der Waals surface area contributed by atoms with E-state index in [1.54, 1.807) is 11.3 Å². The molecule has 0 atom stereocenters. The van der Waals surface area contributed by atoms with Crippen LogP contribution in [-0.2, 0) is 3.42 Å².